The molecular weight excluding hydrogens is 420 g/mol. The molecule has 0 fully saturated rings. The zero-order valence-corrected chi connectivity index (χ0v) is 18.4. The number of benzene rings is 2. The van der Waals surface area contributed by atoms with Crippen LogP contribution in [0.15, 0.2) is 46.9 Å². The molecule has 0 saturated heterocycles. The van der Waals surface area contributed by atoms with E-state index in [0.717, 1.165) is 10.9 Å². The van der Waals surface area contributed by atoms with E-state index in [-0.39, 0.29) is 23.8 Å². The summed E-state index contributed by atoms with van der Waals surface area (Å²) < 4.78 is 6.44. The van der Waals surface area contributed by atoms with Gasteiger partial charge in [0.15, 0.2) is 6.61 Å². The molecule has 6 heteroatoms. The molecule has 0 aromatic heterocycles. The van der Waals surface area contributed by atoms with Gasteiger partial charge >= 0.3 is 0 Å². The number of hydrogen-bond acceptors (Lipinski definition) is 3. The van der Waals surface area contributed by atoms with Crippen LogP contribution in [-0.4, -0.2) is 25.0 Å². The van der Waals surface area contributed by atoms with Gasteiger partial charge in [0.2, 0.25) is 0 Å². The lowest BCUT2D eigenvalue weighted by molar-refractivity contribution is -0.118. The summed E-state index contributed by atoms with van der Waals surface area (Å²) in [6, 6.07) is 12.6. The standard InChI is InChI=1S/C22H27BrN2O3/c1-5-12-24-21(27)15-6-9-17(10-7-15)25-20(26)14-28-19-11-8-16(13-18(19)23)22(2,3)4/h6-11,13H,5,12,14H2,1-4H3,(H,24,27)(H,25,26). The summed E-state index contributed by atoms with van der Waals surface area (Å²) in [5, 5.41) is 5.58. The van der Waals surface area contributed by atoms with Crippen LogP contribution in [0.25, 0.3) is 0 Å². The number of anilines is 1. The van der Waals surface area contributed by atoms with Crippen LogP contribution < -0.4 is 15.4 Å². The Labute approximate surface area is 175 Å². The van der Waals surface area contributed by atoms with Crippen LogP contribution in [0, 0.1) is 0 Å². The molecule has 2 rings (SSSR count). The third kappa shape index (κ3) is 6.37. The number of carbonyl (C=O) groups is 2. The molecule has 0 aliphatic rings. The molecule has 0 spiro atoms. The summed E-state index contributed by atoms with van der Waals surface area (Å²) in [5.74, 6) is 0.229. The van der Waals surface area contributed by atoms with Crippen molar-refractivity contribution in [3.05, 3.63) is 58.1 Å². The van der Waals surface area contributed by atoms with E-state index in [0.29, 0.717) is 23.5 Å². The highest BCUT2D eigenvalue weighted by atomic mass is 79.9. The Balaban J connectivity index is 1.90. The lowest BCUT2D eigenvalue weighted by Crippen LogP contribution is -2.24. The normalized spacial score (nSPS) is 11.0. The molecule has 0 heterocycles. The molecule has 0 bridgehead atoms. The second-order valence-corrected chi connectivity index (χ2v) is 8.42. The second-order valence-electron chi connectivity index (χ2n) is 7.57. The Morgan fingerprint density at radius 3 is 2.32 bits per heavy atom. The van der Waals surface area contributed by atoms with Crippen molar-refractivity contribution in [2.24, 2.45) is 0 Å². The Hall–Kier alpha value is -2.34. The first-order valence-electron chi connectivity index (χ1n) is 9.31. The Morgan fingerprint density at radius 2 is 1.75 bits per heavy atom. The van der Waals surface area contributed by atoms with Crippen molar-refractivity contribution in [3.63, 3.8) is 0 Å². The first-order valence-corrected chi connectivity index (χ1v) is 10.1. The number of nitrogens with one attached hydrogen (secondary N) is 2. The van der Waals surface area contributed by atoms with Crippen molar-refractivity contribution in [2.75, 3.05) is 18.5 Å². The molecule has 0 radical (unpaired) electrons. The maximum absolute atomic E-state index is 12.2. The third-order valence-electron chi connectivity index (χ3n) is 4.12. The summed E-state index contributed by atoms with van der Waals surface area (Å²) in [4.78, 5) is 24.0. The first-order chi connectivity index (χ1) is 13.2. The zero-order chi connectivity index (χ0) is 20.7. The fraction of sp³-hybridized carbons (Fsp3) is 0.364. The van der Waals surface area contributed by atoms with Gasteiger partial charge in [0.05, 0.1) is 4.47 Å². The summed E-state index contributed by atoms with van der Waals surface area (Å²) in [6.07, 6.45) is 0.884. The van der Waals surface area contributed by atoms with Crippen LogP contribution in [0.3, 0.4) is 0 Å². The largest absolute Gasteiger partial charge is 0.483 e. The minimum atomic E-state index is -0.269. The van der Waals surface area contributed by atoms with Gasteiger partial charge in [0.1, 0.15) is 5.75 Å². The lowest BCUT2D eigenvalue weighted by Gasteiger charge is -2.20. The topological polar surface area (TPSA) is 67.4 Å². The Morgan fingerprint density at radius 1 is 1.07 bits per heavy atom. The molecule has 28 heavy (non-hydrogen) atoms. The Kier molecular flexibility index (Phi) is 7.63. The molecule has 2 N–H and O–H groups in total. The van der Waals surface area contributed by atoms with Gasteiger partial charge in [-0.1, -0.05) is 33.8 Å². The molecule has 0 unspecified atom stereocenters. The molecular formula is C22H27BrN2O3. The molecule has 2 amide bonds. The molecule has 150 valence electrons. The van der Waals surface area contributed by atoms with E-state index < -0.39 is 0 Å². The van der Waals surface area contributed by atoms with Gasteiger partial charge in [-0.3, -0.25) is 9.59 Å². The van der Waals surface area contributed by atoms with E-state index in [1.165, 1.54) is 5.56 Å². The molecule has 0 saturated carbocycles. The first kappa shape index (κ1) is 22.0. The van der Waals surface area contributed by atoms with Crippen molar-refractivity contribution in [3.8, 4) is 5.75 Å². The summed E-state index contributed by atoms with van der Waals surface area (Å²) in [5.41, 5.74) is 2.39. The zero-order valence-electron chi connectivity index (χ0n) is 16.8. The SMILES string of the molecule is CCCNC(=O)c1ccc(NC(=O)COc2ccc(C(C)(C)C)cc2Br)cc1. The number of carbonyl (C=O) groups excluding carboxylic acids is 2. The number of rotatable bonds is 7. The highest BCUT2D eigenvalue weighted by molar-refractivity contribution is 9.10. The number of hydrogen-bond donors (Lipinski definition) is 2. The smallest absolute Gasteiger partial charge is 0.262 e. The highest BCUT2D eigenvalue weighted by Gasteiger charge is 2.15. The third-order valence-corrected chi connectivity index (χ3v) is 4.74. The van der Waals surface area contributed by atoms with Gasteiger partial charge in [-0.2, -0.15) is 0 Å². The fourth-order valence-corrected chi connectivity index (χ4v) is 2.96. The summed E-state index contributed by atoms with van der Waals surface area (Å²) >= 11 is 3.50. The molecule has 0 aliphatic carbocycles. The van der Waals surface area contributed by atoms with Gasteiger partial charge < -0.3 is 15.4 Å². The van der Waals surface area contributed by atoms with E-state index in [1.807, 2.05) is 25.1 Å². The van der Waals surface area contributed by atoms with E-state index in [1.54, 1.807) is 24.3 Å². The molecule has 2 aromatic carbocycles. The minimum absolute atomic E-state index is 0.0397. The van der Waals surface area contributed by atoms with Crippen molar-refractivity contribution in [1.29, 1.82) is 0 Å². The van der Waals surface area contributed by atoms with Gasteiger partial charge in [-0.15, -0.1) is 0 Å². The number of ether oxygens (including phenoxy) is 1. The predicted octanol–water partition coefficient (Wildman–Crippen LogP) is 4.90. The second kappa shape index (κ2) is 9.73. The van der Waals surface area contributed by atoms with E-state index >= 15 is 0 Å². The van der Waals surface area contributed by atoms with E-state index in [4.69, 9.17) is 4.74 Å². The van der Waals surface area contributed by atoms with Crippen molar-refractivity contribution in [2.45, 2.75) is 39.5 Å². The Bertz CT molecular complexity index is 827. The van der Waals surface area contributed by atoms with E-state index in [2.05, 4.69) is 47.3 Å². The predicted molar refractivity (Wildman–Crippen MR) is 116 cm³/mol. The van der Waals surface area contributed by atoms with Crippen molar-refractivity contribution in [1.82, 2.24) is 5.32 Å². The lowest BCUT2D eigenvalue weighted by atomic mass is 9.87. The van der Waals surface area contributed by atoms with Crippen LogP contribution >= 0.6 is 15.9 Å². The number of amides is 2. The minimum Gasteiger partial charge on any atom is -0.483 e. The van der Waals surface area contributed by atoms with Crippen molar-refractivity contribution < 1.29 is 14.3 Å². The number of halogens is 1. The van der Waals surface area contributed by atoms with Gasteiger partial charge in [0.25, 0.3) is 11.8 Å². The monoisotopic (exact) mass is 446 g/mol. The van der Waals surface area contributed by atoms with Crippen LogP contribution in [-0.2, 0) is 10.2 Å². The average molecular weight is 447 g/mol. The van der Waals surface area contributed by atoms with Crippen LogP contribution in [0.4, 0.5) is 5.69 Å². The quantitative estimate of drug-likeness (QED) is 0.634. The molecule has 0 atom stereocenters. The van der Waals surface area contributed by atoms with Gasteiger partial charge in [-0.25, -0.2) is 0 Å². The van der Waals surface area contributed by atoms with Crippen molar-refractivity contribution >= 4 is 33.4 Å². The van der Waals surface area contributed by atoms with Gasteiger partial charge in [-0.05, 0) is 69.7 Å². The summed E-state index contributed by atoms with van der Waals surface area (Å²) in [6.45, 7) is 8.95. The van der Waals surface area contributed by atoms with Crippen LogP contribution in [0.2, 0.25) is 0 Å². The van der Waals surface area contributed by atoms with Gasteiger partial charge in [0, 0.05) is 17.8 Å². The van der Waals surface area contributed by atoms with Crippen LogP contribution in [0.5, 0.6) is 5.75 Å². The maximum Gasteiger partial charge on any atom is 0.262 e. The average Bonchev–Trinajstić information content (AvgIpc) is 2.65. The molecule has 0 aliphatic heterocycles. The van der Waals surface area contributed by atoms with E-state index in [9.17, 15) is 9.59 Å². The van der Waals surface area contributed by atoms with Crippen LogP contribution in [0.1, 0.15) is 50.0 Å². The molecule has 5 nitrogen and oxygen atoms in total. The highest BCUT2D eigenvalue weighted by Crippen LogP contribution is 2.31. The summed E-state index contributed by atoms with van der Waals surface area (Å²) in [7, 11) is 0. The molecule has 2 aromatic rings. The maximum atomic E-state index is 12.2. The fourth-order valence-electron chi connectivity index (χ4n) is 2.47.